The van der Waals surface area contributed by atoms with Crippen LogP contribution in [0.2, 0.25) is 0 Å². The van der Waals surface area contributed by atoms with Crippen molar-refractivity contribution in [2.24, 2.45) is 0 Å². The Kier molecular flexibility index (Phi) is 6.27. The van der Waals surface area contributed by atoms with E-state index in [9.17, 15) is 23.3 Å². The Hall–Kier alpha value is -2.81. The smallest absolute Gasteiger partial charge is 0.416 e. The first-order valence-corrected chi connectivity index (χ1v) is 8.03. The van der Waals surface area contributed by atoms with Crippen LogP contribution < -0.4 is 10.1 Å². The number of nitro benzene ring substituents is 1. The average Bonchev–Trinajstić information content (AvgIpc) is 2.61. The highest BCUT2D eigenvalue weighted by molar-refractivity contribution is 5.63. The zero-order chi connectivity index (χ0) is 20.2. The Labute approximate surface area is 154 Å². The molecule has 0 bridgehead atoms. The number of hydrogen-bond acceptors (Lipinski definition) is 5. The molecule has 0 aromatic heterocycles. The Morgan fingerprint density at radius 1 is 1.19 bits per heavy atom. The minimum Gasteiger partial charge on any atom is -0.497 e. The van der Waals surface area contributed by atoms with Gasteiger partial charge in [-0.3, -0.25) is 10.1 Å². The Bertz CT molecular complexity index is 793. The van der Waals surface area contributed by atoms with Gasteiger partial charge in [0.25, 0.3) is 5.69 Å². The number of anilines is 1. The summed E-state index contributed by atoms with van der Waals surface area (Å²) in [5.41, 5.74) is -0.702. The third-order valence-electron chi connectivity index (χ3n) is 4.13. The van der Waals surface area contributed by atoms with Crippen molar-refractivity contribution in [3.63, 3.8) is 0 Å². The van der Waals surface area contributed by atoms with E-state index in [-0.39, 0.29) is 18.3 Å². The van der Waals surface area contributed by atoms with Gasteiger partial charge in [0, 0.05) is 12.6 Å². The van der Waals surface area contributed by atoms with E-state index in [4.69, 9.17) is 4.74 Å². The Balaban J connectivity index is 2.25. The molecule has 9 heteroatoms. The van der Waals surface area contributed by atoms with Crippen LogP contribution in [0.15, 0.2) is 42.5 Å². The molecule has 0 aliphatic heterocycles. The molecule has 0 aliphatic rings. The second-order valence-electron chi connectivity index (χ2n) is 6.12. The van der Waals surface area contributed by atoms with Gasteiger partial charge >= 0.3 is 6.18 Å². The van der Waals surface area contributed by atoms with Gasteiger partial charge in [-0.2, -0.15) is 13.2 Å². The summed E-state index contributed by atoms with van der Waals surface area (Å²) >= 11 is 0. The summed E-state index contributed by atoms with van der Waals surface area (Å²) in [6, 6.07) is 9.63. The first kappa shape index (κ1) is 20.5. The maximum Gasteiger partial charge on any atom is 0.416 e. The molecular weight excluding hydrogens is 363 g/mol. The fourth-order valence-electron chi connectivity index (χ4n) is 2.64. The number of alkyl halides is 3. The SMILES string of the molecule is COc1ccc(C(CNc2ccc(C(F)(F)F)cc2[N+](=O)[O-])N(C)C)cc1. The minimum atomic E-state index is -4.64. The lowest BCUT2D eigenvalue weighted by atomic mass is 10.1. The summed E-state index contributed by atoms with van der Waals surface area (Å²) in [6.45, 7) is 0.269. The van der Waals surface area contributed by atoms with E-state index in [1.165, 1.54) is 0 Å². The largest absolute Gasteiger partial charge is 0.497 e. The fraction of sp³-hybridized carbons (Fsp3) is 0.333. The van der Waals surface area contributed by atoms with E-state index in [0.29, 0.717) is 11.8 Å². The molecule has 1 unspecified atom stereocenters. The summed E-state index contributed by atoms with van der Waals surface area (Å²) in [6.07, 6.45) is -4.64. The highest BCUT2D eigenvalue weighted by Crippen LogP contribution is 2.35. The second kappa shape index (κ2) is 8.26. The predicted molar refractivity (Wildman–Crippen MR) is 96.0 cm³/mol. The van der Waals surface area contributed by atoms with Crippen LogP contribution in [0.4, 0.5) is 24.5 Å². The van der Waals surface area contributed by atoms with Crippen molar-refractivity contribution < 1.29 is 22.8 Å². The van der Waals surface area contributed by atoms with E-state index in [0.717, 1.165) is 17.7 Å². The van der Waals surface area contributed by atoms with Crippen molar-refractivity contribution in [3.05, 3.63) is 63.7 Å². The van der Waals surface area contributed by atoms with Crippen molar-refractivity contribution in [1.29, 1.82) is 0 Å². The number of benzene rings is 2. The van der Waals surface area contributed by atoms with Crippen molar-refractivity contribution in [2.75, 3.05) is 33.1 Å². The molecule has 0 radical (unpaired) electrons. The monoisotopic (exact) mass is 383 g/mol. The van der Waals surface area contributed by atoms with Crippen LogP contribution in [-0.4, -0.2) is 37.6 Å². The summed E-state index contributed by atoms with van der Waals surface area (Å²) in [7, 11) is 5.25. The molecule has 0 amide bonds. The number of methoxy groups -OCH3 is 1. The standard InChI is InChI=1S/C18H20F3N3O3/c1-23(2)17(12-4-7-14(27-3)8-5-12)11-22-15-9-6-13(18(19,20)21)10-16(15)24(25)26/h4-10,17,22H,11H2,1-3H3. The minimum absolute atomic E-state index is 0.0355. The van der Waals surface area contributed by atoms with Crippen LogP contribution in [0.3, 0.4) is 0 Å². The number of likely N-dealkylation sites (N-methyl/N-ethyl adjacent to an activating group) is 1. The molecule has 2 rings (SSSR count). The Morgan fingerprint density at radius 2 is 1.81 bits per heavy atom. The van der Waals surface area contributed by atoms with Gasteiger partial charge in [0.2, 0.25) is 0 Å². The van der Waals surface area contributed by atoms with Crippen LogP contribution in [-0.2, 0) is 6.18 Å². The summed E-state index contributed by atoms with van der Waals surface area (Å²) < 4.78 is 43.5. The van der Waals surface area contributed by atoms with Gasteiger partial charge < -0.3 is 15.0 Å². The molecule has 0 fully saturated rings. The van der Waals surface area contributed by atoms with Crippen LogP contribution in [0, 0.1) is 10.1 Å². The molecular formula is C18H20F3N3O3. The summed E-state index contributed by atoms with van der Waals surface area (Å²) in [4.78, 5) is 12.3. The number of ether oxygens (including phenoxy) is 1. The Morgan fingerprint density at radius 3 is 2.30 bits per heavy atom. The molecule has 2 aromatic rings. The third-order valence-corrected chi connectivity index (χ3v) is 4.13. The van der Waals surface area contributed by atoms with Crippen molar-refractivity contribution >= 4 is 11.4 Å². The topological polar surface area (TPSA) is 67.6 Å². The maximum atomic E-state index is 12.8. The first-order chi connectivity index (χ1) is 12.6. The first-order valence-electron chi connectivity index (χ1n) is 8.03. The molecule has 0 heterocycles. The lowest BCUT2D eigenvalue weighted by Gasteiger charge is -2.25. The zero-order valence-electron chi connectivity index (χ0n) is 15.1. The lowest BCUT2D eigenvalue weighted by molar-refractivity contribution is -0.384. The van der Waals surface area contributed by atoms with Crippen LogP contribution in [0.25, 0.3) is 0 Å². The van der Waals surface area contributed by atoms with Crippen molar-refractivity contribution in [3.8, 4) is 5.75 Å². The van der Waals surface area contributed by atoms with Gasteiger partial charge in [-0.1, -0.05) is 12.1 Å². The highest BCUT2D eigenvalue weighted by Gasteiger charge is 2.33. The number of nitro groups is 1. The highest BCUT2D eigenvalue weighted by atomic mass is 19.4. The molecule has 27 heavy (non-hydrogen) atoms. The molecule has 0 aliphatic carbocycles. The second-order valence-corrected chi connectivity index (χ2v) is 6.12. The van der Waals surface area contributed by atoms with Crippen LogP contribution >= 0.6 is 0 Å². The van der Waals surface area contributed by atoms with Crippen LogP contribution in [0.1, 0.15) is 17.2 Å². The van der Waals surface area contributed by atoms with Gasteiger partial charge in [-0.05, 0) is 43.9 Å². The van der Waals surface area contributed by atoms with E-state index in [1.807, 2.05) is 31.1 Å². The lowest BCUT2D eigenvalue weighted by Crippen LogP contribution is -2.27. The van der Waals surface area contributed by atoms with E-state index >= 15 is 0 Å². The van der Waals surface area contributed by atoms with E-state index in [1.54, 1.807) is 19.2 Å². The van der Waals surface area contributed by atoms with Gasteiger partial charge in [0.15, 0.2) is 0 Å². The number of halogens is 3. The number of rotatable bonds is 7. The number of nitrogens with one attached hydrogen (secondary N) is 1. The van der Waals surface area contributed by atoms with Crippen molar-refractivity contribution in [1.82, 2.24) is 4.90 Å². The van der Waals surface area contributed by atoms with E-state index in [2.05, 4.69) is 5.32 Å². The molecule has 1 atom stereocenters. The van der Waals surface area contributed by atoms with Gasteiger partial charge in [0.1, 0.15) is 11.4 Å². The molecule has 6 nitrogen and oxygen atoms in total. The van der Waals surface area contributed by atoms with E-state index < -0.39 is 22.4 Å². The third kappa shape index (κ3) is 5.10. The fourth-order valence-corrected chi connectivity index (χ4v) is 2.64. The number of nitrogens with zero attached hydrogens (tertiary/aromatic N) is 2. The van der Waals surface area contributed by atoms with Gasteiger partial charge in [0.05, 0.1) is 23.6 Å². The molecule has 2 aromatic carbocycles. The van der Waals surface area contributed by atoms with Crippen LogP contribution in [0.5, 0.6) is 5.75 Å². The molecule has 0 spiro atoms. The quantitative estimate of drug-likeness (QED) is 0.569. The van der Waals surface area contributed by atoms with Gasteiger partial charge in [-0.25, -0.2) is 0 Å². The summed E-state index contributed by atoms with van der Waals surface area (Å²) in [5.74, 6) is 0.697. The predicted octanol–water partition coefficient (Wildman–Crippen LogP) is 4.34. The summed E-state index contributed by atoms with van der Waals surface area (Å²) in [5, 5.41) is 14.1. The number of hydrogen-bond donors (Lipinski definition) is 1. The molecule has 1 N–H and O–H groups in total. The van der Waals surface area contributed by atoms with Gasteiger partial charge in [-0.15, -0.1) is 0 Å². The normalized spacial score (nSPS) is 12.7. The molecule has 0 saturated heterocycles. The maximum absolute atomic E-state index is 12.8. The molecule has 146 valence electrons. The van der Waals surface area contributed by atoms with Crippen molar-refractivity contribution in [2.45, 2.75) is 12.2 Å². The zero-order valence-corrected chi connectivity index (χ0v) is 15.1. The molecule has 0 saturated carbocycles. The average molecular weight is 383 g/mol.